The van der Waals surface area contributed by atoms with Gasteiger partial charge in [-0.3, -0.25) is 9.36 Å². The Morgan fingerprint density at radius 3 is 2.68 bits per heavy atom. The summed E-state index contributed by atoms with van der Waals surface area (Å²) in [5, 5.41) is 9.32. The highest BCUT2D eigenvalue weighted by Gasteiger charge is 2.19. The number of carbonyl (C=O) groups is 1. The number of hydrogen-bond donors (Lipinski definition) is 1. The molecule has 9 heteroatoms. The Hall–Kier alpha value is -4.11. The number of rotatable bonds is 6. The lowest BCUT2D eigenvalue weighted by molar-refractivity contribution is 0.0940. The summed E-state index contributed by atoms with van der Waals surface area (Å²) in [6.07, 6.45) is 6.93. The minimum Gasteiger partial charge on any atom is -0.345 e. The summed E-state index contributed by atoms with van der Waals surface area (Å²) in [5.41, 5.74) is 1.72. The van der Waals surface area contributed by atoms with Gasteiger partial charge in [0.1, 0.15) is 12.1 Å². The molecule has 0 atom stereocenters. The predicted octanol–water partition coefficient (Wildman–Crippen LogP) is 3.51. The van der Waals surface area contributed by atoms with E-state index in [4.69, 9.17) is 0 Å². The average Bonchev–Trinajstić information content (AvgIpc) is 3.59. The highest BCUT2D eigenvalue weighted by Crippen LogP contribution is 2.25. The fraction of sp³-hybridized carbons (Fsp3) is 0.0455. The maximum Gasteiger partial charge on any atom is 0.291 e. The third-order valence-electron chi connectivity index (χ3n) is 4.58. The van der Waals surface area contributed by atoms with Crippen LogP contribution in [0.2, 0.25) is 0 Å². The van der Waals surface area contributed by atoms with Gasteiger partial charge in [-0.05, 0) is 35.2 Å². The maximum absolute atomic E-state index is 12.8. The van der Waals surface area contributed by atoms with E-state index in [9.17, 15) is 4.79 Å². The molecule has 1 aromatic carbocycles. The van der Waals surface area contributed by atoms with E-state index < -0.39 is 0 Å². The standard InChI is InChI=1S/C22H17N7OS/c30-22(25-14-16-8-9-19(24-13-16)28-11-10-23-15-28)20-26-21(18-7-4-12-31-18)29(27-20)17-5-2-1-3-6-17/h1-13,15H,14H2,(H,25,30). The first-order chi connectivity index (χ1) is 15.3. The molecule has 4 aromatic heterocycles. The maximum atomic E-state index is 12.8. The Balaban J connectivity index is 1.35. The molecule has 0 unspecified atom stereocenters. The molecule has 1 N–H and O–H groups in total. The third kappa shape index (κ3) is 3.99. The van der Waals surface area contributed by atoms with Crippen molar-refractivity contribution in [2.24, 2.45) is 0 Å². The van der Waals surface area contributed by atoms with Crippen LogP contribution in [0.25, 0.3) is 22.2 Å². The van der Waals surface area contributed by atoms with Crippen molar-refractivity contribution in [1.82, 2.24) is 34.6 Å². The van der Waals surface area contributed by atoms with Gasteiger partial charge in [0.05, 0.1) is 10.6 Å². The van der Waals surface area contributed by atoms with E-state index in [0.29, 0.717) is 12.4 Å². The lowest BCUT2D eigenvalue weighted by atomic mass is 10.3. The number of para-hydroxylation sites is 1. The van der Waals surface area contributed by atoms with Gasteiger partial charge < -0.3 is 5.32 Å². The molecule has 8 nitrogen and oxygen atoms in total. The average molecular weight is 427 g/mol. The number of imidazole rings is 1. The number of amides is 1. The number of nitrogens with one attached hydrogen (secondary N) is 1. The number of benzene rings is 1. The second-order valence-corrected chi connectivity index (χ2v) is 7.61. The minimum absolute atomic E-state index is 0.121. The number of pyridine rings is 1. The van der Waals surface area contributed by atoms with E-state index in [1.807, 2.05) is 70.7 Å². The van der Waals surface area contributed by atoms with E-state index >= 15 is 0 Å². The molecule has 0 bridgehead atoms. The van der Waals surface area contributed by atoms with Gasteiger partial charge >= 0.3 is 0 Å². The van der Waals surface area contributed by atoms with E-state index in [-0.39, 0.29) is 11.7 Å². The fourth-order valence-electron chi connectivity index (χ4n) is 3.05. The number of carbonyl (C=O) groups excluding carboxylic acids is 1. The Bertz CT molecular complexity index is 1280. The van der Waals surface area contributed by atoms with Gasteiger partial charge in [0.15, 0.2) is 5.82 Å². The molecule has 31 heavy (non-hydrogen) atoms. The fourth-order valence-corrected chi connectivity index (χ4v) is 3.75. The lowest BCUT2D eigenvalue weighted by Crippen LogP contribution is -2.24. The number of thiophene rings is 1. The molecule has 152 valence electrons. The summed E-state index contributed by atoms with van der Waals surface area (Å²) in [6.45, 7) is 0.324. The zero-order chi connectivity index (χ0) is 21.0. The molecule has 0 radical (unpaired) electrons. The zero-order valence-corrected chi connectivity index (χ0v) is 17.1. The van der Waals surface area contributed by atoms with Crippen LogP contribution in [0.4, 0.5) is 0 Å². The number of hydrogen-bond acceptors (Lipinski definition) is 6. The molecular weight excluding hydrogens is 410 g/mol. The molecule has 0 spiro atoms. The highest BCUT2D eigenvalue weighted by atomic mass is 32.1. The molecule has 0 saturated heterocycles. The van der Waals surface area contributed by atoms with Crippen LogP contribution in [0.1, 0.15) is 16.2 Å². The van der Waals surface area contributed by atoms with Crippen LogP contribution in [0.5, 0.6) is 0 Å². The number of aromatic nitrogens is 6. The first-order valence-corrected chi connectivity index (χ1v) is 10.4. The third-order valence-corrected chi connectivity index (χ3v) is 5.45. The highest BCUT2D eigenvalue weighted by molar-refractivity contribution is 7.13. The Labute approximate surface area is 181 Å². The molecule has 1 amide bonds. The van der Waals surface area contributed by atoms with E-state index in [1.54, 1.807) is 34.7 Å². The first-order valence-electron chi connectivity index (χ1n) is 9.56. The summed E-state index contributed by atoms with van der Waals surface area (Å²) in [4.78, 5) is 26.6. The van der Waals surface area contributed by atoms with Crippen LogP contribution in [0, 0.1) is 0 Å². The Morgan fingerprint density at radius 2 is 1.97 bits per heavy atom. The molecule has 0 aliphatic heterocycles. The minimum atomic E-state index is -0.342. The lowest BCUT2D eigenvalue weighted by Gasteiger charge is -2.05. The quantitative estimate of drug-likeness (QED) is 0.448. The zero-order valence-electron chi connectivity index (χ0n) is 16.3. The van der Waals surface area contributed by atoms with E-state index in [0.717, 1.165) is 21.9 Å². The van der Waals surface area contributed by atoms with Crippen molar-refractivity contribution in [3.8, 4) is 22.2 Å². The van der Waals surface area contributed by atoms with Crippen LogP contribution >= 0.6 is 11.3 Å². The van der Waals surface area contributed by atoms with Gasteiger partial charge in [0.2, 0.25) is 5.82 Å². The topological polar surface area (TPSA) is 90.5 Å². The Kier molecular flexibility index (Phi) is 5.07. The monoisotopic (exact) mass is 427 g/mol. The molecule has 4 heterocycles. The largest absolute Gasteiger partial charge is 0.345 e. The summed E-state index contributed by atoms with van der Waals surface area (Å²) in [7, 11) is 0. The van der Waals surface area contributed by atoms with Crippen molar-refractivity contribution in [1.29, 1.82) is 0 Å². The van der Waals surface area contributed by atoms with Crippen molar-refractivity contribution < 1.29 is 4.79 Å². The van der Waals surface area contributed by atoms with Crippen LogP contribution in [-0.2, 0) is 6.54 Å². The predicted molar refractivity (Wildman–Crippen MR) is 117 cm³/mol. The summed E-state index contributed by atoms with van der Waals surface area (Å²) >= 11 is 1.55. The van der Waals surface area contributed by atoms with Gasteiger partial charge in [-0.15, -0.1) is 16.4 Å². The first kappa shape index (κ1) is 18.9. The van der Waals surface area contributed by atoms with Crippen molar-refractivity contribution >= 4 is 17.2 Å². The van der Waals surface area contributed by atoms with E-state index in [1.165, 1.54) is 0 Å². The number of nitrogens with zero attached hydrogens (tertiary/aromatic N) is 6. The molecule has 5 aromatic rings. The second kappa shape index (κ2) is 8.33. The molecule has 0 saturated carbocycles. The van der Waals surface area contributed by atoms with Crippen LogP contribution < -0.4 is 5.32 Å². The van der Waals surface area contributed by atoms with Crippen LogP contribution in [0.3, 0.4) is 0 Å². The molecule has 0 aliphatic rings. The molecule has 0 aliphatic carbocycles. The molecular formula is C22H17N7OS. The second-order valence-electron chi connectivity index (χ2n) is 6.66. The van der Waals surface area contributed by atoms with Gasteiger partial charge in [0, 0.05) is 25.1 Å². The SMILES string of the molecule is O=C(NCc1ccc(-n2ccnc2)nc1)c1nc(-c2cccs2)n(-c2ccccc2)n1. The van der Waals surface area contributed by atoms with Gasteiger partial charge in [-0.2, -0.15) is 0 Å². The van der Waals surface area contributed by atoms with Gasteiger partial charge in [0.25, 0.3) is 5.91 Å². The molecule has 5 rings (SSSR count). The van der Waals surface area contributed by atoms with E-state index in [2.05, 4.69) is 25.4 Å². The summed E-state index contributed by atoms with van der Waals surface area (Å²) in [6, 6.07) is 17.3. The van der Waals surface area contributed by atoms with Crippen molar-refractivity contribution in [2.45, 2.75) is 6.54 Å². The van der Waals surface area contributed by atoms with Crippen LogP contribution in [0.15, 0.2) is 84.9 Å². The van der Waals surface area contributed by atoms with Gasteiger partial charge in [-0.25, -0.2) is 19.6 Å². The Morgan fingerprint density at radius 1 is 1.06 bits per heavy atom. The normalized spacial score (nSPS) is 10.8. The summed E-state index contributed by atoms with van der Waals surface area (Å²) in [5.74, 6) is 1.18. The van der Waals surface area contributed by atoms with Crippen LogP contribution in [-0.4, -0.2) is 35.2 Å². The van der Waals surface area contributed by atoms with Gasteiger partial charge in [-0.1, -0.05) is 30.3 Å². The summed E-state index contributed by atoms with van der Waals surface area (Å²) < 4.78 is 3.51. The van der Waals surface area contributed by atoms with Crippen molar-refractivity contribution in [3.63, 3.8) is 0 Å². The van der Waals surface area contributed by atoms with Crippen molar-refractivity contribution in [2.75, 3.05) is 0 Å². The smallest absolute Gasteiger partial charge is 0.291 e. The molecule has 0 fully saturated rings. The van der Waals surface area contributed by atoms with Crippen molar-refractivity contribution in [3.05, 3.63) is 96.3 Å².